The minimum absolute atomic E-state index is 0.0221. The van der Waals surface area contributed by atoms with E-state index in [4.69, 9.17) is 5.11 Å². The average Bonchev–Trinajstić information content (AvgIpc) is 2.47. The van der Waals surface area contributed by atoms with Gasteiger partial charge in [0.2, 0.25) is 0 Å². The third kappa shape index (κ3) is 1.69. The molecule has 1 aromatic rings. The van der Waals surface area contributed by atoms with Crippen LogP contribution in [0.15, 0.2) is 17.6 Å². The second-order valence-electron chi connectivity index (χ2n) is 3.73. The van der Waals surface area contributed by atoms with Gasteiger partial charge in [0, 0.05) is 26.3 Å². The first-order chi connectivity index (χ1) is 7.41. The highest BCUT2D eigenvalue weighted by Crippen LogP contribution is 2.23. The smallest absolute Gasteiger partial charge is 0.309 e. The van der Waals surface area contributed by atoms with Gasteiger partial charge < -0.3 is 9.67 Å². The van der Waals surface area contributed by atoms with Crippen LogP contribution in [0.25, 0.3) is 0 Å². The number of aryl methyl sites for hydroxylation is 1. The maximum absolute atomic E-state index is 11.9. The van der Waals surface area contributed by atoms with E-state index in [1.165, 1.54) is 17.1 Å². The van der Waals surface area contributed by atoms with Crippen molar-refractivity contribution in [1.82, 2.24) is 13.9 Å². The van der Waals surface area contributed by atoms with Crippen molar-refractivity contribution in [2.24, 2.45) is 13.0 Å². The van der Waals surface area contributed by atoms with Gasteiger partial charge in [-0.3, -0.25) is 4.79 Å². The van der Waals surface area contributed by atoms with E-state index in [1.54, 1.807) is 7.05 Å². The molecule has 1 aliphatic rings. The Morgan fingerprint density at radius 2 is 2.19 bits per heavy atom. The summed E-state index contributed by atoms with van der Waals surface area (Å²) in [6.45, 7) is 0.0441. The highest BCUT2D eigenvalue weighted by molar-refractivity contribution is 7.89. The molecule has 1 saturated heterocycles. The molecule has 2 heterocycles. The first-order valence-electron chi connectivity index (χ1n) is 4.62. The number of carboxylic acid groups (broad SMARTS) is 1. The maximum Gasteiger partial charge on any atom is 0.309 e. The van der Waals surface area contributed by atoms with Gasteiger partial charge in [-0.2, -0.15) is 4.31 Å². The maximum atomic E-state index is 11.9. The fraction of sp³-hybridized carbons (Fsp3) is 0.500. The molecular weight excluding hydrogens is 234 g/mol. The molecule has 0 aromatic carbocycles. The molecule has 8 heteroatoms. The van der Waals surface area contributed by atoms with Crippen LogP contribution < -0.4 is 0 Å². The Hall–Kier alpha value is -1.41. The fourth-order valence-electron chi connectivity index (χ4n) is 1.44. The van der Waals surface area contributed by atoms with Gasteiger partial charge in [-0.15, -0.1) is 0 Å². The van der Waals surface area contributed by atoms with Crippen LogP contribution in [-0.2, 0) is 21.9 Å². The molecule has 2 rings (SSSR count). The van der Waals surface area contributed by atoms with Crippen molar-refractivity contribution >= 4 is 16.0 Å². The molecule has 0 atom stereocenters. The largest absolute Gasteiger partial charge is 0.481 e. The highest BCUT2D eigenvalue weighted by Gasteiger charge is 2.41. The van der Waals surface area contributed by atoms with E-state index in [1.807, 2.05) is 0 Å². The van der Waals surface area contributed by atoms with Crippen LogP contribution in [0.4, 0.5) is 0 Å². The van der Waals surface area contributed by atoms with E-state index >= 15 is 0 Å². The van der Waals surface area contributed by atoms with Crippen molar-refractivity contribution in [2.45, 2.75) is 5.03 Å². The van der Waals surface area contributed by atoms with Gasteiger partial charge in [-0.25, -0.2) is 13.4 Å². The Bertz CT molecular complexity index is 515. The first kappa shape index (κ1) is 11.1. The zero-order chi connectivity index (χ0) is 11.9. The third-order valence-electron chi connectivity index (χ3n) is 2.48. The quantitative estimate of drug-likeness (QED) is 0.747. The number of hydrogen-bond acceptors (Lipinski definition) is 4. The number of imidazole rings is 1. The van der Waals surface area contributed by atoms with Crippen molar-refractivity contribution in [3.63, 3.8) is 0 Å². The Morgan fingerprint density at radius 1 is 1.56 bits per heavy atom. The number of aromatic nitrogens is 2. The molecule has 0 amide bonds. The summed E-state index contributed by atoms with van der Waals surface area (Å²) in [5, 5.41) is 8.61. The standard InChI is InChI=1S/C8H11N3O4S/c1-10-4-7(9-5-10)16(14,15)11-2-6(3-11)8(12)13/h4-6H,2-3H2,1H3,(H,12,13). The molecule has 16 heavy (non-hydrogen) atoms. The van der Waals surface area contributed by atoms with Crippen molar-refractivity contribution in [1.29, 1.82) is 0 Å². The van der Waals surface area contributed by atoms with Crippen molar-refractivity contribution in [3.8, 4) is 0 Å². The highest BCUT2D eigenvalue weighted by atomic mass is 32.2. The van der Waals surface area contributed by atoms with Gasteiger partial charge in [0.15, 0.2) is 5.03 Å². The zero-order valence-corrected chi connectivity index (χ0v) is 9.38. The molecule has 0 saturated carbocycles. The van der Waals surface area contributed by atoms with Gasteiger partial charge in [0.25, 0.3) is 10.0 Å². The van der Waals surface area contributed by atoms with Crippen molar-refractivity contribution < 1.29 is 18.3 Å². The molecule has 0 bridgehead atoms. The van der Waals surface area contributed by atoms with E-state index in [2.05, 4.69) is 4.98 Å². The topological polar surface area (TPSA) is 92.5 Å². The van der Waals surface area contributed by atoms with Crippen LogP contribution in [0, 0.1) is 5.92 Å². The minimum atomic E-state index is -3.61. The normalized spacial score (nSPS) is 18.3. The number of carboxylic acids is 1. The number of carbonyl (C=O) groups is 1. The van der Waals surface area contributed by atoms with Crippen LogP contribution in [0.5, 0.6) is 0 Å². The molecule has 0 aliphatic carbocycles. The summed E-state index contributed by atoms with van der Waals surface area (Å²) in [4.78, 5) is 14.3. The van der Waals surface area contributed by atoms with E-state index in [-0.39, 0.29) is 18.1 Å². The van der Waals surface area contributed by atoms with E-state index in [9.17, 15) is 13.2 Å². The fourth-order valence-corrected chi connectivity index (χ4v) is 2.94. The molecule has 7 nitrogen and oxygen atoms in total. The van der Waals surface area contributed by atoms with Crippen molar-refractivity contribution in [3.05, 3.63) is 12.5 Å². The second kappa shape index (κ2) is 3.56. The molecule has 1 fully saturated rings. The summed E-state index contributed by atoms with van der Waals surface area (Å²) in [7, 11) is -1.94. The number of aliphatic carboxylic acids is 1. The zero-order valence-electron chi connectivity index (χ0n) is 8.57. The second-order valence-corrected chi connectivity index (χ2v) is 5.62. The SMILES string of the molecule is Cn1cnc(S(=O)(=O)N2CC(C(=O)O)C2)c1. The molecule has 1 aliphatic heterocycles. The van der Waals surface area contributed by atoms with Crippen LogP contribution in [0.3, 0.4) is 0 Å². The van der Waals surface area contributed by atoms with E-state index < -0.39 is 21.9 Å². The molecule has 1 aromatic heterocycles. The number of sulfonamides is 1. The predicted molar refractivity (Wildman–Crippen MR) is 53.1 cm³/mol. The van der Waals surface area contributed by atoms with Gasteiger partial charge in [0.05, 0.1) is 12.2 Å². The summed E-state index contributed by atoms with van der Waals surface area (Å²) < 4.78 is 26.4. The molecule has 0 spiro atoms. The lowest BCUT2D eigenvalue weighted by Gasteiger charge is -2.34. The van der Waals surface area contributed by atoms with E-state index in [0.29, 0.717) is 0 Å². The molecule has 0 unspecified atom stereocenters. The first-order valence-corrected chi connectivity index (χ1v) is 6.06. The summed E-state index contributed by atoms with van der Waals surface area (Å²) >= 11 is 0. The molecule has 88 valence electrons. The Labute approximate surface area is 92.4 Å². The summed E-state index contributed by atoms with van der Waals surface area (Å²) in [5.41, 5.74) is 0. The predicted octanol–water partition coefficient (Wildman–Crippen LogP) is -0.875. The molecule has 0 radical (unpaired) electrons. The molecular formula is C8H11N3O4S. The lowest BCUT2D eigenvalue weighted by atomic mass is 10.0. The average molecular weight is 245 g/mol. The monoisotopic (exact) mass is 245 g/mol. The summed E-state index contributed by atoms with van der Waals surface area (Å²) in [6, 6.07) is 0. The lowest BCUT2D eigenvalue weighted by molar-refractivity contribution is -0.145. The Morgan fingerprint density at radius 3 is 2.62 bits per heavy atom. The third-order valence-corrected chi connectivity index (χ3v) is 4.20. The lowest BCUT2D eigenvalue weighted by Crippen LogP contribution is -2.52. The summed E-state index contributed by atoms with van der Waals surface area (Å²) in [5.74, 6) is -1.56. The van der Waals surface area contributed by atoms with Crippen LogP contribution in [0.1, 0.15) is 0 Å². The van der Waals surface area contributed by atoms with Gasteiger partial charge in [-0.05, 0) is 0 Å². The van der Waals surface area contributed by atoms with Crippen LogP contribution in [0.2, 0.25) is 0 Å². The van der Waals surface area contributed by atoms with E-state index in [0.717, 1.165) is 4.31 Å². The summed E-state index contributed by atoms with van der Waals surface area (Å²) in [6.07, 6.45) is 2.78. The number of nitrogens with zero attached hydrogens (tertiary/aromatic N) is 3. The minimum Gasteiger partial charge on any atom is -0.481 e. The molecule has 1 N–H and O–H groups in total. The van der Waals surface area contributed by atoms with Crippen LogP contribution in [-0.4, -0.2) is 46.4 Å². The van der Waals surface area contributed by atoms with Gasteiger partial charge in [-0.1, -0.05) is 0 Å². The Balaban J connectivity index is 2.14. The number of hydrogen-bond donors (Lipinski definition) is 1. The van der Waals surface area contributed by atoms with Crippen molar-refractivity contribution in [2.75, 3.05) is 13.1 Å². The number of rotatable bonds is 3. The Kier molecular flexibility index (Phi) is 2.47. The van der Waals surface area contributed by atoms with Gasteiger partial charge >= 0.3 is 5.97 Å². The van der Waals surface area contributed by atoms with Gasteiger partial charge in [0.1, 0.15) is 0 Å². The van der Waals surface area contributed by atoms with Crippen LogP contribution >= 0.6 is 0 Å².